The average molecular weight is 656 g/mol. The van der Waals surface area contributed by atoms with Crippen LogP contribution in [0.2, 0.25) is 0 Å². The molecule has 0 radical (unpaired) electrons. The fourth-order valence-electron chi connectivity index (χ4n) is 5.14. The van der Waals surface area contributed by atoms with Crippen molar-refractivity contribution in [1.82, 2.24) is 20.3 Å². The maximum absolute atomic E-state index is 15.4. The number of nitrogens with zero attached hydrogens (tertiary/aromatic N) is 1. The van der Waals surface area contributed by atoms with Gasteiger partial charge in [0.2, 0.25) is 5.91 Å². The minimum Gasteiger partial charge on any atom is -0.454 e. The molecule has 216 valence electrons. The number of nitrogens with one attached hydrogen (secondary N) is 3. The van der Waals surface area contributed by atoms with E-state index in [-0.39, 0.29) is 59.6 Å². The van der Waals surface area contributed by atoms with Crippen molar-refractivity contribution in [3.05, 3.63) is 99.9 Å². The van der Waals surface area contributed by atoms with Crippen molar-refractivity contribution in [2.24, 2.45) is 0 Å². The number of carbonyl (C=O) groups is 1. The topological polar surface area (TPSA) is 117 Å². The Morgan fingerprint density at radius 3 is 2.69 bits per heavy atom. The van der Waals surface area contributed by atoms with Gasteiger partial charge in [-0.3, -0.25) is 4.79 Å². The number of amides is 1. The second-order valence-corrected chi connectivity index (χ2v) is 13.3. The van der Waals surface area contributed by atoms with Crippen LogP contribution in [0.3, 0.4) is 0 Å². The number of ether oxygens (including phenoxy) is 1. The molecule has 0 fully saturated rings. The number of rotatable bonds is 1. The number of imidazole rings is 1. The summed E-state index contributed by atoms with van der Waals surface area (Å²) in [6, 6.07) is 13.6. The summed E-state index contributed by atoms with van der Waals surface area (Å²) in [6.07, 6.45) is 3.20. The smallest absolute Gasteiger partial charge is 0.220 e. The van der Waals surface area contributed by atoms with Gasteiger partial charge in [0.1, 0.15) is 17.4 Å². The van der Waals surface area contributed by atoms with Crippen molar-refractivity contribution in [3.8, 4) is 22.9 Å². The molecule has 8 nitrogen and oxygen atoms in total. The number of carbonyl (C=O) groups excluding carboxylic acids is 1. The van der Waals surface area contributed by atoms with Gasteiger partial charge in [-0.05, 0) is 54.8 Å². The molecule has 1 unspecified atom stereocenters. The molecule has 3 N–H and O–H groups in total. The lowest BCUT2D eigenvalue weighted by Gasteiger charge is -2.19. The first-order valence-corrected chi connectivity index (χ1v) is 15.8. The third-order valence-electron chi connectivity index (χ3n) is 7.20. The first-order chi connectivity index (χ1) is 20.2. The van der Waals surface area contributed by atoms with Gasteiger partial charge in [-0.15, -0.1) is 0 Å². The summed E-state index contributed by atoms with van der Waals surface area (Å²) in [6.45, 7) is 0. The Morgan fingerprint density at radius 1 is 1.00 bits per heavy atom. The van der Waals surface area contributed by atoms with Crippen LogP contribution in [0.5, 0.6) is 11.5 Å². The van der Waals surface area contributed by atoms with E-state index in [1.165, 1.54) is 30.5 Å². The number of H-pyrrole nitrogens is 2. The molecule has 5 aromatic rings. The first-order valence-electron chi connectivity index (χ1n) is 13.2. The Balaban J connectivity index is 1.47. The van der Waals surface area contributed by atoms with Crippen molar-refractivity contribution in [2.75, 3.05) is 11.5 Å². The van der Waals surface area contributed by atoms with Gasteiger partial charge in [0.05, 0.1) is 35.0 Å². The predicted octanol–water partition coefficient (Wildman–Crippen LogP) is 6.35. The Labute approximate surface area is 248 Å². The van der Waals surface area contributed by atoms with Gasteiger partial charge in [-0.25, -0.2) is 22.2 Å². The molecule has 0 aliphatic carbocycles. The van der Waals surface area contributed by atoms with Crippen LogP contribution < -0.4 is 10.1 Å². The van der Waals surface area contributed by atoms with E-state index in [0.29, 0.717) is 22.2 Å². The lowest BCUT2D eigenvalue weighted by molar-refractivity contribution is -0.121. The number of sulfone groups is 1. The summed E-state index contributed by atoms with van der Waals surface area (Å²) in [5.74, 6) is -1.91. The van der Waals surface area contributed by atoms with E-state index in [4.69, 9.17) is 4.74 Å². The van der Waals surface area contributed by atoms with E-state index >= 15 is 8.78 Å². The molecular weight excluding hydrogens is 630 g/mol. The van der Waals surface area contributed by atoms with Gasteiger partial charge in [-0.2, -0.15) is 0 Å². The number of fused-ring (bicyclic) bond motifs is 8. The summed E-state index contributed by atoms with van der Waals surface area (Å²) < 4.78 is 63.2. The van der Waals surface area contributed by atoms with Crippen LogP contribution in [0, 0.1) is 11.6 Å². The monoisotopic (exact) mass is 654 g/mol. The van der Waals surface area contributed by atoms with Gasteiger partial charge in [0.15, 0.2) is 21.4 Å². The van der Waals surface area contributed by atoms with Crippen LogP contribution in [0.1, 0.15) is 35.7 Å². The molecule has 12 heteroatoms. The molecular formula is C30H25BrF2N4O4S. The van der Waals surface area contributed by atoms with Crippen molar-refractivity contribution in [3.63, 3.8) is 0 Å². The van der Waals surface area contributed by atoms with E-state index in [2.05, 4.69) is 36.2 Å². The van der Waals surface area contributed by atoms with E-state index in [0.717, 1.165) is 10.0 Å². The van der Waals surface area contributed by atoms with E-state index in [1.807, 2.05) is 24.3 Å². The quantitative estimate of drug-likeness (QED) is 0.195. The van der Waals surface area contributed by atoms with Crippen LogP contribution in [0.25, 0.3) is 22.3 Å². The number of hydrogen-bond acceptors (Lipinski definition) is 5. The normalized spacial score (nSPS) is 17.5. The van der Waals surface area contributed by atoms with Crippen molar-refractivity contribution >= 4 is 42.6 Å². The fraction of sp³-hybridized carbons (Fsp3) is 0.200. The summed E-state index contributed by atoms with van der Waals surface area (Å²) in [5, 5.41) is 3.57. The fourth-order valence-corrected chi connectivity index (χ4v) is 6.86. The highest BCUT2D eigenvalue weighted by Crippen LogP contribution is 2.37. The maximum atomic E-state index is 15.4. The Morgan fingerprint density at radius 2 is 1.86 bits per heavy atom. The highest BCUT2D eigenvalue weighted by molar-refractivity contribution is 9.10. The number of aryl methyl sites for hydroxylation is 1. The summed E-state index contributed by atoms with van der Waals surface area (Å²) in [4.78, 5) is 23.4. The zero-order chi connectivity index (χ0) is 29.4. The van der Waals surface area contributed by atoms with Crippen molar-refractivity contribution in [1.29, 1.82) is 0 Å². The SMILES string of the molecule is O=C1CCCS(=O)(=O)CCc2c(c(F)cc3[nH]ccc23)Oc2ccc(F)c(c2)-c2ncc([nH]2)C(c2cccc(Br)c2)N1. The van der Waals surface area contributed by atoms with Gasteiger partial charge >= 0.3 is 0 Å². The van der Waals surface area contributed by atoms with Crippen molar-refractivity contribution in [2.45, 2.75) is 25.3 Å². The van der Waals surface area contributed by atoms with Gasteiger partial charge < -0.3 is 20.0 Å². The summed E-state index contributed by atoms with van der Waals surface area (Å²) in [7, 11) is -3.60. The van der Waals surface area contributed by atoms with Crippen LogP contribution in [0.4, 0.5) is 8.78 Å². The minimum absolute atomic E-state index is 0.0173. The summed E-state index contributed by atoms with van der Waals surface area (Å²) in [5.41, 5.74) is 2.16. The number of halogens is 3. The third kappa shape index (κ3) is 5.82. The molecule has 42 heavy (non-hydrogen) atoms. The van der Waals surface area contributed by atoms with Gasteiger partial charge in [0, 0.05) is 39.6 Å². The zero-order valence-corrected chi connectivity index (χ0v) is 24.5. The van der Waals surface area contributed by atoms with Crippen LogP contribution in [-0.4, -0.2) is 40.8 Å². The van der Waals surface area contributed by atoms with Gasteiger partial charge in [-0.1, -0.05) is 28.1 Å². The van der Waals surface area contributed by atoms with E-state index in [9.17, 15) is 13.2 Å². The molecule has 3 heterocycles. The second-order valence-electron chi connectivity index (χ2n) is 10.1. The molecule has 2 aromatic heterocycles. The lowest BCUT2D eigenvalue weighted by Crippen LogP contribution is -2.30. The first kappa shape index (κ1) is 28.1. The molecule has 0 saturated heterocycles. The molecule has 6 rings (SSSR count). The average Bonchev–Trinajstić information content (AvgIpc) is 3.62. The van der Waals surface area contributed by atoms with Crippen LogP contribution >= 0.6 is 15.9 Å². The molecule has 4 bridgehead atoms. The predicted molar refractivity (Wildman–Crippen MR) is 158 cm³/mol. The van der Waals surface area contributed by atoms with E-state index < -0.39 is 27.5 Å². The number of hydrogen-bond donors (Lipinski definition) is 3. The highest BCUT2D eigenvalue weighted by Gasteiger charge is 2.24. The summed E-state index contributed by atoms with van der Waals surface area (Å²) >= 11 is 3.45. The van der Waals surface area contributed by atoms with Crippen LogP contribution in [0.15, 0.2) is 71.5 Å². The largest absolute Gasteiger partial charge is 0.454 e. The second kappa shape index (κ2) is 11.3. The maximum Gasteiger partial charge on any atom is 0.220 e. The minimum atomic E-state index is -3.60. The zero-order valence-electron chi connectivity index (χ0n) is 22.1. The third-order valence-corrected chi connectivity index (χ3v) is 9.43. The number of aromatic nitrogens is 3. The Bertz CT molecular complexity index is 1920. The molecule has 3 aromatic carbocycles. The standard InChI is InChI=1S/C30H25BrF2N4O4S/c31-18-4-1-3-17(13-18)28-26-16-35-30(36-26)22-14-19(6-7-23(22)32)41-29-21(20-8-10-34-25(20)15-24(29)33)9-12-42(39,40)11-2-5-27(38)37-28/h1,3-4,6-8,10,13-16,28,34H,2,5,9,11-12H2,(H,35,36)(H,37,38). The van der Waals surface area contributed by atoms with Gasteiger partial charge in [0.25, 0.3) is 0 Å². The molecule has 1 amide bonds. The Kier molecular flexibility index (Phi) is 7.58. The Hall–Kier alpha value is -4.03. The van der Waals surface area contributed by atoms with Crippen molar-refractivity contribution < 1.29 is 26.7 Å². The molecule has 1 aliphatic heterocycles. The molecule has 0 saturated carbocycles. The number of aromatic amines is 2. The van der Waals surface area contributed by atoms with E-state index in [1.54, 1.807) is 12.3 Å². The molecule has 1 atom stereocenters. The molecule has 0 spiro atoms. The number of benzene rings is 3. The van der Waals surface area contributed by atoms with Crippen LogP contribution in [-0.2, 0) is 21.1 Å². The lowest BCUT2D eigenvalue weighted by atomic mass is 10.0. The highest BCUT2D eigenvalue weighted by atomic mass is 79.9. The molecule has 1 aliphatic rings.